The van der Waals surface area contributed by atoms with Gasteiger partial charge in [-0.25, -0.2) is 0 Å². The fourth-order valence-electron chi connectivity index (χ4n) is 5.67. The Labute approximate surface area is 251 Å². The lowest BCUT2D eigenvalue weighted by Crippen LogP contribution is -2.29. The zero-order chi connectivity index (χ0) is 30.3. The minimum atomic E-state index is -0.0620. The van der Waals surface area contributed by atoms with E-state index in [9.17, 15) is 5.11 Å². The number of hydrogen-bond acceptors (Lipinski definition) is 1. The molecule has 0 bridgehead atoms. The van der Waals surface area contributed by atoms with Crippen molar-refractivity contribution in [2.75, 3.05) is 0 Å². The largest absolute Gasteiger partial charge is 0.507 e. The molecule has 0 radical (unpaired) electrons. The maximum absolute atomic E-state index is 10.6. The van der Waals surface area contributed by atoms with Gasteiger partial charge in [-0.1, -0.05) is 98.7 Å². The Kier molecular flexibility index (Phi) is 7.94. The zero-order valence-corrected chi connectivity index (χ0v) is 26.6. The maximum atomic E-state index is 10.6. The van der Waals surface area contributed by atoms with E-state index in [2.05, 4.69) is 127 Å². The smallest absolute Gasteiger partial charge is 0.270 e. The number of phenols is 1. The highest BCUT2D eigenvalue weighted by atomic mass is 16.3. The lowest BCUT2D eigenvalue weighted by atomic mass is 9.82. The minimum absolute atomic E-state index is 0.0620. The Morgan fingerprint density at radius 3 is 2.07 bits per heavy atom. The van der Waals surface area contributed by atoms with Crippen molar-refractivity contribution in [1.82, 2.24) is 9.55 Å². The van der Waals surface area contributed by atoms with Crippen LogP contribution < -0.4 is 4.57 Å². The van der Waals surface area contributed by atoms with Gasteiger partial charge in [0.2, 0.25) is 0 Å². The third-order valence-corrected chi connectivity index (χ3v) is 8.23. The lowest BCUT2D eigenvalue weighted by molar-refractivity contribution is -0.599. The van der Waals surface area contributed by atoms with Gasteiger partial charge in [-0.2, -0.15) is 0 Å². The Balaban J connectivity index is 1.65. The highest BCUT2D eigenvalue weighted by Crippen LogP contribution is 2.41. The summed E-state index contributed by atoms with van der Waals surface area (Å²) in [6.45, 7) is 20.4. The molecule has 0 saturated carbocycles. The van der Waals surface area contributed by atoms with Crippen molar-refractivity contribution < 1.29 is 9.67 Å². The molecule has 0 aliphatic heterocycles. The molecule has 5 aromatic rings. The molecular formula is C38H45N3O. The van der Waals surface area contributed by atoms with Crippen LogP contribution in [0.25, 0.3) is 33.8 Å². The Bertz CT molecular complexity index is 1680. The number of rotatable bonds is 7. The van der Waals surface area contributed by atoms with E-state index < -0.39 is 0 Å². The first kappa shape index (κ1) is 29.4. The highest BCUT2D eigenvalue weighted by Gasteiger charge is 2.22. The fraction of sp³-hybridized carbons (Fsp3) is 0.342. The van der Waals surface area contributed by atoms with Crippen LogP contribution in [0.1, 0.15) is 102 Å². The molecule has 3 aromatic carbocycles. The van der Waals surface area contributed by atoms with Gasteiger partial charge in [-0.15, -0.1) is 0 Å². The van der Waals surface area contributed by atoms with Gasteiger partial charge < -0.3 is 10.1 Å². The number of nitrogens with one attached hydrogen (secondary N) is 1. The second-order valence-corrected chi connectivity index (χ2v) is 13.5. The van der Waals surface area contributed by atoms with Crippen molar-refractivity contribution in [2.45, 2.75) is 85.5 Å². The third-order valence-electron chi connectivity index (χ3n) is 8.23. The molecular weight excluding hydrogens is 514 g/mol. The fourth-order valence-corrected chi connectivity index (χ4v) is 5.67. The molecule has 0 saturated heterocycles. The van der Waals surface area contributed by atoms with Crippen LogP contribution in [0.4, 0.5) is 0 Å². The van der Waals surface area contributed by atoms with Crippen molar-refractivity contribution in [1.29, 1.82) is 0 Å². The van der Waals surface area contributed by atoms with Crippen LogP contribution in [0.3, 0.4) is 0 Å². The van der Waals surface area contributed by atoms with Crippen LogP contribution in [0.15, 0.2) is 79.3 Å². The molecule has 2 N–H and O–H groups in total. The number of phenolic OH excluding ortho intramolecular Hbond substituents is 1. The van der Waals surface area contributed by atoms with E-state index in [1.165, 1.54) is 33.4 Å². The number of aromatic hydroxyl groups is 1. The molecule has 0 atom stereocenters. The molecule has 2 aromatic heterocycles. The van der Waals surface area contributed by atoms with E-state index in [1.807, 2.05) is 29.0 Å². The van der Waals surface area contributed by atoms with Crippen LogP contribution in [-0.4, -0.2) is 14.7 Å². The van der Waals surface area contributed by atoms with Gasteiger partial charge in [-0.3, -0.25) is 9.13 Å². The quantitative estimate of drug-likeness (QED) is 0.151. The predicted octanol–water partition coefficient (Wildman–Crippen LogP) is 9.59. The molecule has 42 heavy (non-hydrogen) atoms. The first-order valence-corrected chi connectivity index (χ1v) is 15.2. The number of aromatic amines is 1. The van der Waals surface area contributed by atoms with Crippen molar-refractivity contribution in [3.8, 4) is 39.5 Å². The van der Waals surface area contributed by atoms with Gasteiger partial charge in [-0.05, 0) is 87.0 Å². The molecule has 2 heterocycles. The molecule has 4 nitrogen and oxygen atoms in total. The van der Waals surface area contributed by atoms with E-state index in [4.69, 9.17) is 0 Å². The first-order chi connectivity index (χ1) is 19.8. The van der Waals surface area contributed by atoms with Gasteiger partial charge in [0, 0.05) is 23.5 Å². The first-order valence-electron chi connectivity index (χ1n) is 15.2. The van der Waals surface area contributed by atoms with Crippen molar-refractivity contribution in [3.05, 3.63) is 108 Å². The second kappa shape index (κ2) is 11.3. The molecule has 0 amide bonds. The summed E-state index contributed by atoms with van der Waals surface area (Å²) in [5, 5.41) is 10.6. The molecule has 0 spiro atoms. The maximum Gasteiger partial charge on any atom is 0.270 e. The summed E-state index contributed by atoms with van der Waals surface area (Å²) < 4.78 is 4.10. The van der Waals surface area contributed by atoms with Gasteiger partial charge >= 0.3 is 0 Å². The van der Waals surface area contributed by atoms with Gasteiger partial charge in [0.05, 0.1) is 5.69 Å². The van der Waals surface area contributed by atoms with Gasteiger partial charge in [0.25, 0.3) is 6.33 Å². The van der Waals surface area contributed by atoms with Crippen LogP contribution >= 0.6 is 0 Å². The summed E-state index contributed by atoms with van der Waals surface area (Å²) in [6.07, 6.45) is 9.72. The van der Waals surface area contributed by atoms with Gasteiger partial charge in [0.1, 0.15) is 11.6 Å². The summed E-state index contributed by atoms with van der Waals surface area (Å²) in [4.78, 5) is 3.52. The minimum Gasteiger partial charge on any atom is -0.507 e. The lowest BCUT2D eigenvalue weighted by Gasteiger charge is -2.23. The highest BCUT2D eigenvalue weighted by molar-refractivity contribution is 5.79. The van der Waals surface area contributed by atoms with Crippen LogP contribution in [0.5, 0.6) is 5.75 Å². The number of H-pyrrole nitrogens is 1. The molecule has 0 unspecified atom stereocenters. The third kappa shape index (κ3) is 5.68. The average molecular weight is 560 g/mol. The van der Waals surface area contributed by atoms with Crippen molar-refractivity contribution >= 4 is 0 Å². The van der Waals surface area contributed by atoms with Crippen molar-refractivity contribution in [3.63, 3.8) is 0 Å². The summed E-state index contributed by atoms with van der Waals surface area (Å²) >= 11 is 0. The van der Waals surface area contributed by atoms with Crippen LogP contribution in [-0.2, 0) is 5.41 Å². The van der Waals surface area contributed by atoms with Crippen molar-refractivity contribution in [2.24, 2.45) is 0 Å². The van der Waals surface area contributed by atoms with Crippen LogP contribution in [0.2, 0.25) is 0 Å². The molecule has 0 aliphatic rings. The Hall–Kier alpha value is -4.05. The number of aromatic nitrogens is 3. The van der Waals surface area contributed by atoms with E-state index in [1.54, 1.807) is 6.07 Å². The van der Waals surface area contributed by atoms with Gasteiger partial charge in [0.15, 0.2) is 0 Å². The topological polar surface area (TPSA) is 44.8 Å². The number of para-hydroxylation sites is 1. The van der Waals surface area contributed by atoms with E-state index in [0.29, 0.717) is 17.8 Å². The Morgan fingerprint density at radius 1 is 0.810 bits per heavy atom. The Morgan fingerprint density at radius 2 is 1.48 bits per heavy atom. The molecule has 4 heteroatoms. The summed E-state index contributed by atoms with van der Waals surface area (Å²) in [7, 11) is 0. The summed E-state index contributed by atoms with van der Waals surface area (Å²) in [5.41, 5.74) is 10.6. The van der Waals surface area contributed by atoms with E-state index >= 15 is 0 Å². The molecule has 0 aliphatic carbocycles. The number of imidazole rings is 1. The average Bonchev–Trinajstić information content (AvgIpc) is 3.61. The number of hydrogen-bond donors (Lipinski definition) is 2. The normalized spacial score (nSPS) is 12.2. The number of benzene rings is 3. The molecule has 5 rings (SSSR count). The SMILES string of the molecule is CC(C)c1cc(C(C)C)c(-c2cc[nH]c2-n2[c-][n+](-c3cc(-c4ccccc4O)cc(C(C)(C)C)c3)cc2)c(C(C)C)c1. The molecule has 0 fully saturated rings. The monoisotopic (exact) mass is 559 g/mol. The molecule has 218 valence electrons. The zero-order valence-electron chi connectivity index (χ0n) is 26.6. The second-order valence-electron chi connectivity index (χ2n) is 13.5. The van der Waals surface area contributed by atoms with Crippen LogP contribution in [0, 0.1) is 6.33 Å². The number of nitrogens with zero attached hydrogens (tertiary/aromatic N) is 2. The van der Waals surface area contributed by atoms with E-state index in [-0.39, 0.29) is 11.2 Å². The summed E-state index contributed by atoms with van der Waals surface area (Å²) in [5.74, 6) is 2.55. The predicted molar refractivity (Wildman–Crippen MR) is 174 cm³/mol. The standard InChI is InChI=1S/C38H45N3O/c1-24(2)27-20-33(25(3)4)36(34(21-27)26(5)6)32-14-15-39-37(32)41-17-16-40(23-41)30-19-28(18-29(22-30)38(7,8)9)31-12-10-11-13-35(31)42/h10-22,24-26,39,42H,1-9H3. The summed E-state index contributed by atoms with van der Waals surface area (Å²) in [6, 6.07) is 21.1. The van der Waals surface area contributed by atoms with E-state index in [0.717, 1.165) is 22.6 Å².